The van der Waals surface area contributed by atoms with Crippen molar-refractivity contribution in [3.8, 4) is 0 Å². The number of allylic oxidation sites excluding steroid dienone is 6. The van der Waals surface area contributed by atoms with E-state index in [9.17, 15) is 19.0 Å². The lowest BCUT2D eigenvalue weighted by atomic mass is 10.1. The lowest BCUT2D eigenvalue weighted by Crippen LogP contribution is -2.29. The minimum atomic E-state index is -4.35. The van der Waals surface area contributed by atoms with Gasteiger partial charge in [-0.3, -0.25) is 18.6 Å². The number of likely N-dealkylation sites (N-methyl/N-ethyl adjacent to an activating group) is 1. The Morgan fingerprint density at radius 1 is 0.574 bits per heavy atom. The van der Waals surface area contributed by atoms with Crippen LogP contribution in [0.1, 0.15) is 194 Å². The van der Waals surface area contributed by atoms with E-state index < -0.39 is 26.5 Å². The Hall–Kier alpha value is -1.77. The zero-order valence-electron chi connectivity index (χ0n) is 34.9. The van der Waals surface area contributed by atoms with Gasteiger partial charge in [-0.1, -0.05) is 147 Å². The Balaban J connectivity index is 4.24. The maximum Gasteiger partial charge on any atom is 0.472 e. The summed E-state index contributed by atoms with van der Waals surface area (Å²) < 4.78 is 33.2. The van der Waals surface area contributed by atoms with Gasteiger partial charge in [-0.05, 0) is 77.7 Å². The van der Waals surface area contributed by atoms with Gasteiger partial charge in [-0.2, -0.15) is 0 Å². The second-order valence-electron chi connectivity index (χ2n) is 14.5. The number of unbranched alkanes of at least 4 members (excludes halogenated alkanes) is 21. The van der Waals surface area contributed by atoms with Gasteiger partial charge in [0.1, 0.15) is 6.61 Å². The first-order valence-corrected chi connectivity index (χ1v) is 23.4. The highest BCUT2D eigenvalue weighted by Crippen LogP contribution is 2.43. The Bertz CT molecular complexity index is 986. The van der Waals surface area contributed by atoms with Crippen molar-refractivity contribution in [1.29, 1.82) is 0 Å². The fraction of sp³-hybridized carbons (Fsp3) is 0.818. The molecule has 0 saturated heterocycles. The smallest absolute Gasteiger partial charge is 0.462 e. The summed E-state index contributed by atoms with van der Waals surface area (Å²) in [7, 11) is -2.65. The number of hydrogen-bond donors (Lipinski definition) is 2. The molecule has 54 heavy (non-hydrogen) atoms. The predicted molar refractivity (Wildman–Crippen MR) is 225 cm³/mol. The van der Waals surface area contributed by atoms with Crippen LogP contribution in [0, 0.1) is 0 Å². The molecule has 0 fully saturated rings. The molecule has 0 spiro atoms. The molecule has 0 aromatic heterocycles. The van der Waals surface area contributed by atoms with Gasteiger partial charge in [-0.25, -0.2) is 4.57 Å². The molecular weight excluding hydrogens is 701 g/mol. The summed E-state index contributed by atoms with van der Waals surface area (Å²) in [6, 6.07) is 0. The molecule has 0 radical (unpaired) electrons. The van der Waals surface area contributed by atoms with Crippen LogP contribution in [0.25, 0.3) is 0 Å². The molecule has 0 aromatic carbocycles. The van der Waals surface area contributed by atoms with E-state index >= 15 is 0 Å². The first-order valence-electron chi connectivity index (χ1n) is 21.9. The van der Waals surface area contributed by atoms with Crippen LogP contribution in [0.3, 0.4) is 0 Å². The maximum atomic E-state index is 12.6. The van der Waals surface area contributed by atoms with Gasteiger partial charge in [-0.15, -0.1) is 0 Å². The van der Waals surface area contributed by atoms with Crippen molar-refractivity contribution in [2.75, 3.05) is 33.4 Å². The number of hydrogen-bond acceptors (Lipinski definition) is 8. The highest BCUT2D eigenvalue weighted by Gasteiger charge is 2.26. The molecule has 2 N–H and O–H groups in total. The van der Waals surface area contributed by atoms with E-state index in [1.54, 1.807) is 7.05 Å². The monoisotopic (exact) mass is 784 g/mol. The Labute approximate surface area is 331 Å². The first kappa shape index (κ1) is 52.2. The van der Waals surface area contributed by atoms with Crippen LogP contribution < -0.4 is 5.32 Å². The summed E-state index contributed by atoms with van der Waals surface area (Å²) in [6.07, 6.45) is 43.2. The highest BCUT2D eigenvalue weighted by molar-refractivity contribution is 7.47. The third-order valence-electron chi connectivity index (χ3n) is 9.23. The van der Waals surface area contributed by atoms with E-state index in [1.165, 1.54) is 89.9 Å². The molecule has 0 saturated carbocycles. The van der Waals surface area contributed by atoms with Gasteiger partial charge in [0.2, 0.25) is 0 Å². The molecule has 2 unspecified atom stereocenters. The summed E-state index contributed by atoms with van der Waals surface area (Å²) >= 11 is 0. The number of phosphoric ester groups is 1. The molecule has 0 heterocycles. The van der Waals surface area contributed by atoms with Gasteiger partial charge in [0.15, 0.2) is 6.10 Å². The first-order chi connectivity index (χ1) is 26.3. The number of carbonyl (C=O) groups is 2. The largest absolute Gasteiger partial charge is 0.472 e. The SMILES string of the molecule is CCCCC/C=C\C/C=C\CCCCCCCCCC(=O)OC(COC(=O)CCCCCCC/C=C\CCCCCCCC)COP(=O)(O)OCCNC. The van der Waals surface area contributed by atoms with Crippen LogP contribution in [0.4, 0.5) is 0 Å². The third kappa shape index (κ3) is 39.9. The van der Waals surface area contributed by atoms with E-state index in [-0.39, 0.29) is 32.0 Å². The van der Waals surface area contributed by atoms with E-state index in [1.807, 2.05) is 0 Å². The molecule has 0 aliphatic carbocycles. The van der Waals surface area contributed by atoms with Crippen LogP contribution in [-0.4, -0.2) is 56.3 Å². The van der Waals surface area contributed by atoms with Gasteiger partial charge < -0.3 is 19.7 Å². The lowest BCUT2D eigenvalue weighted by molar-refractivity contribution is -0.161. The molecule has 9 nitrogen and oxygen atoms in total. The van der Waals surface area contributed by atoms with Crippen LogP contribution in [-0.2, 0) is 32.7 Å². The Kier molecular flexibility index (Phi) is 39.5. The number of rotatable bonds is 41. The fourth-order valence-corrected chi connectivity index (χ4v) is 6.62. The summed E-state index contributed by atoms with van der Waals surface area (Å²) in [6.45, 7) is 4.18. The fourth-order valence-electron chi connectivity index (χ4n) is 5.87. The number of phosphoric acid groups is 1. The van der Waals surface area contributed by atoms with Crippen LogP contribution in [0.5, 0.6) is 0 Å². The molecule has 0 bridgehead atoms. The second-order valence-corrected chi connectivity index (χ2v) is 16.0. The standard InChI is InChI=1S/C44H82NO8P/c1-4-6-8-10-12-14-16-18-20-21-23-25-27-29-31-33-35-37-44(47)53-42(41-52-54(48,49)51-39-38-45-3)40-50-43(46)36-34-32-30-28-26-24-22-19-17-15-13-11-9-7-5-2/h12,14,18-20,22,42,45H,4-11,13,15-17,21,23-41H2,1-3H3,(H,48,49)/b14-12-,20-18-,22-19-. The molecular formula is C44H82NO8P. The Morgan fingerprint density at radius 2 is 1.00 bits per heavy atom. The molecule has 0 aromatic rings. The second kappa shape index (κ2) is 40.9. The summed E-state index contributed by atoms with van der Waals surface area (Å²) in [5.74, 6) is -0.823. The number of nitrogens with one attached hydrogen (secondary N) is 1. The van der Waals surface area contributed by atoms with Crippen molar-refractivity contribution in [1.82, 2.24) is 5.32 Å². The molecule has 10 heteroatoms. The molecule has 0 aliphatic rings. The highest BCUT2D eigenvalue weighted by atomic mass is 31.2. The van der Waals surface area contributed by atoms with Crippen molar-refractivity contribution < 1.29 is 37.6 Å². The molecule has 2 atom stereocenters. The molecule has 0 rings (SSSR count). The predicted octanol–water partition coefficient (Wildman–Crippen LogP) is 12.4. The minimum Gasteiger partial charge on any atom is -0.462 e. The van der Waals surface area contributed by atoms with E-state index in [2.05, 4.69) is 55.6 Å². The zero-order valence-corrected chi connectivity index (χ0v) is 35.8. The average Bonchev–Trinajstić information content (AvgIpc) is 3.15. The van der Waals surface area contributed by atoms with Gasteiger partial charge in [0.25, 0.3) is 0 Å². The topological polar surface area (TPSA) is 120 Å². The van der Waals surface area contributed by atoms with Crippen LogP contribution in [0.2, 0.25) is 0 Å². The summed E-state index contributed by atoms with van der Waals surface area (Å²) in [4.78, 5) is 35.0. The average molecular weight is 784 g/mol. The molecule has 0 aliphatic heterocycles. The van der Waals surface area contributed by atoms with E-state index in [4.69, 9.17) is 18.5 Å². The van der Waals surface area contributed by atoms with Crippen molar-refractivity contribution in [2.24, 2.45) is 0 Å². The van der Waals surface area contributed by atoms with E-state index in [0.717, 1.165) is 70.6 Å². The minimum absolute atomic E-state index is 0.0200. The van der Waals surface area contributed by atoms with Crippen LogP contribution >= 0.6 is 7.82 Å². The van der Waals surface area contributed by atoms with Gasteiger partial charge >= 0.3 is 19.8 Å². The van der Waals surface area contributed by atoms with Crippen molar-refractivity contribution in [3.63, 3.8) is 0 Å². The van der Waals surface area contributed by atoms with Crippen LogP contribution in [0.15, 0.2) is 36.5 Å². The van der Waals surface area contributed by atoms with Crippen molar-refractivity contribution >= 4 is 19.8 Å². The Morgan fingerprint density at radius 3 is 1.52 bits per heavy atom. The number of esters is 2. The zero-order chi connectivity index (χ0) is 39.6. The molecule has 316 valence electrons. The van der Waals surface area contributed by atoms with Gasteiger partial charge in [0.05, 0.1) is 13.2 Å². The normalized spacial score (nSPS) is 13.6. The maximum absolute atomic E-state index is 12.6. The lowest BCUT2D eigenvalue weighted by Gasteiger charge is -2.20. The number of ether oxygens (including phenoxy) is 2. The van der Waals surface area contributed by atoms with E-state index in [0.29, 0.717) is 13.0 Å². The number of carbonyl (C=O) groups excluding carboxylic acids is 2. The van der Waals surface area contributed by atoms with Crippen molar-refractivity contribution in [3.05, 3.63) is 36.5 Å². The summed E-state index contributed by atoms with van der Waals surface area (Å²) in [5, 5.41) is 2.82. The summed E-state index contributed by atoms with van der Waals surface area (Å²) in [5.41, 5.74) is 0. The van der Waals surface area contributed by atoms with Crippen molar-refractivity contribution in [2.45, 2.75) is 200 Å². The third-order valence-corrected chi connectivity index (χ3v) is 10.2. The molecule has 0 amide bonds. The quantitative estimate of drug-likeness (QED) is 0.0270. The van der Waals surface area contributed by atoms with Gasteiger partial charge in [0, 0.05) is 19.4 Å².